The fourth-order valence-corrected chi connectivity index (χ4v) is 2.43. The van der Waals surface area contributed by atoms with Gasteiger partial charge in [0, 0.05) is 29.6 Å². The third-order valence-electron chi connectivity index (χ3n) is 3.44. The molecule has 2 aromatic heterocycles. The zero-order chi connectivity index (χ0) is 14.3. The Labute approximate surface area is 115 Å². The van der Waals surface area contributed by atoms with Crippen LogP contribution in [0, 0.1) is 18.3 Å². The minimum absolute atomic E-state index is 0.0979. The summed E-state index contributed by atoms with van der Waals surface area (Å²) in [6.07, 6.45) is 3.66. The zero-order valence-electron chi connectivity index (χ0n) is 11.2. The quantitative estimate of drug-likeness (QED) is 0.851. The molecule has 1 aliphatic heterocycles. The van der Waals surface area contributed by atoms with E-state index < -0.39 is 0 Å². The van der Waals surface area contributed by atoms with E-state index >= 15 is 0 Å². The molecule has 3 rings (SSSR count). The summed E-state index contributed by atoms with van der Waals surface area (Å²) in [4.78, 5) is 0. The highest BCUT2D eigenvalue weighted by Gasteiger charge is 2.34. The zero-order valence-corrected chi connectivity index (χ0v) is 11.2. The second kappa shape index (κ2) is 4.42. The monoisotopic (exact) mass is 270 g/mol. The predicted molar refractivity (Wildman–Crippen MR) is 70.5 cm³/mol. The minimum Gasteiger partial charge on any atom is -0.420 e. The SMILES string of the molecule is CCn1cc([C@H]2C(C#N)=C(N)Oc3n[nH]c(C)c32)cn1. The van der Waals surface area contributed by atoms with Gasteiger partial charge in [-0.1, -0.05) is 0 Å². The third-order valence-corrected chi connectivity index (χ3v) is 3.44. The number of hydrogen-bond acceptors (Lipinski definition) is 5. The van der Waals surface area contributed by atoms with Crippen molar-refractivity contribution in [1.29, 1.82) is 5.26 Å². The molecule has 0 fully saturated rings. The number of aromatic amines is 1. The fourth-order valence-electron chi connectivity index (χ4n) is 2.43. The lowest BCUT2D eigenvalue weighted by Crippen LogP contribution is -2.20. The van der Waals surface area contributed by atoms with E-state index in [-0.39, 0.29) is 11.8 Å². The van der Waals surface area contributed by atoms with Crippen molar-refractivity contribution in [3.05, 3.63) is 40.7 Å². The molecule has 3 heterocycles. The molecule has 20 heavy (non-hydrogen) atoms. The summed E-state index contributed by atoms with van der Waals surface area (Å²) < 4.78 is 7.22. The van der Waals surface area contributed by atoms with E-state index in [1.807, 2.05) is 24.7 Å². The van der Waals surface area contributed by atoms with Gasteiger partial charge in [0.15, 0.2) is 0 Å². The van der Waals surface area contributed by atoms with Gasteiger partial charge < -0.3 is 10.5 Å². The number of H-pyrrole nitrogens is 1. The maximum absolute atomic E-state index is 9.39. The molecule has 1 aliphatic rings. The van der Waals surface area contributed by atoms with Crippen molar-refractivity contribution >= 4 is 0 Å². The van der Waals surface area contributed by atoms with Crippen LogP contribution in [0.4, 0.5) is 0 Å². The Morgan fingerprint density at radius 2 is 2.40 bits per heavy atom. The molecular formula is C13H14N6O. The van der Waals surface area contributed by atoms with E-state index in [0.717, 1.165) is 23.4 Å². The molecular weight excluding hydrogens is 256 g/mol. The Bertz CT molecular complexity index is 732. The Balaban J connectivity index is 2.19. The van der Waals surface area contributed by atoms with Crippen LogP contribution in [0.3, 0.4) is 0 Å². The molecule has 1 atom stereocenters. The summed E-state index contributed by atoms with van der Waals surface area (Å²) >= 11 is 0. The highest BCUT2D eigenvalue weighted by Crippen LogP contribution is 2.42. The van der Waals surface area contributed by atoms with E-state index in [2.05, 4.69) is 21.4 Å². The first-order chi connectivity index (χ1) is 9.65. The smallest absolute Gasteiger partial charge is 0.244 e. The largest absolute Gasteiger partial charge is 0.420 e. The maximum Gasteiger partial charge on any atom is 0.244 e. The standard InChI is InChI=1S/C13H14N6O/c1-3-19-6-8(5-16-19)11-9(4-14)12(15)20-13-10(11)7(2)17-18-13/h5-6,11H,3,15H2,1-2H3,(H,17,18)/t11-/m0/s1. The number of aryl methyl sites for hydroxylation is 2. The van der Waals surface area contributed by atoms with E-state index in [9.17, 15) is 5.26 Å². The first kappa shape index (κ1) is 12.3. The summed E-state index contributed by atoms with van der Waals surface area (Å²) in [5.74, 6) is 0.233. The Kier molecular flexibility index (Phi) is 2.71. The van der Waals surface area contributed by atoms with Crippen LogP contribution in [0.1, 0.15) is 29.7 Å². The number of rotatable bonds is 2. The lowest BCUT2D eigenvalue weighted by molar-refractivity contribution is 0.379. The topological polar surface area (TPSA) is 106 Å². The molecule has 0 aliphatic carbocycles. The van der Waals surface area contributed by atoms with Crippen LogP contribution >= 0.6 is 0 Å². The van der Waals surface area contributed by atoms with Gasteiger partial charge in [0.25, 0.3) is 0 Å². The highest BCUT2D eigenvalue weighted by atomic mass is 16.5. The van der Waals surface area contributed by atoms with Gasteiger partial charge >= 0.3 is 0 Å². The van der Waals surface area contributed by atoms with E-state index in [0.29, 0.717) is 11.5 Å². The lowest BCUT2D eigenvalue weighted by Gasteiger charge is -2.22. The van der Waals surface area contributed by atoms with Crippen molar-refractivity contribution < 1.29 is 4.74 Å². The number of nitrogens with zero attached hydrogens (tertiary/aromatic N) is 4. The van der Waals surface area contributed by atoms with Crippen LogP contribution in [0.5, 0.6) is 5.88 Å². The summed E-state index contributed by atoms with van der Waals surface area (Å²) in [5, 5.41) is 20.6. The Morgan fingerprint density at radius 3 is 3.05 bits per heavy atom. The first-order valence-electron chi connectivity index (χ1n) is 6.30. The second-order valence-corrected chi connectivity index (χ2v) is 4.62. The average molecular weight is 270 g/mol. The molecule has 0 radical (unpaired) electrons. The summed E-state index contributed by atoms with van der Waals surface area (Å²) in [6, 6.07) is 2.14. The molecule has 2 aromatic rings. The van der Waals surface area contributed by atoms with Crippen LogP contribution < -0.4 is 10.5 Å². The van der Waals surface area contributed by atoms with Gasteiger partial charge in [-0.2, -0.15) is 10.4 Å². The van der Waals surface area contributed by atoms with E-state index in [1.54, 1.807) is 6.20 Å². The number of ether oxygens (including phenoxy) is 1. The molecule has 0 bridgehead atoms. The van der Waals surface area contributed by atoms with Crippen LogP contribution in [-0.2, 0) is 6.54 Å². The summed E-state index contributed by atoms with van der Waals surface area (Å²) in [6.45, 7) is 4.66. The molecule has 0 saturated heterocycles. The van der Waals surface area contributed by atoms with Gasteiger partial charge in [0.2, 0.25) is 11.8 Å². The van der Waals surface area contributed by atoms with Crippen molar-refractivity contribution in [2.75, 3.05) is 0 Å². The van der Waals surface area contributed by atoms with Gasteiger partial charge in [0.05, 0.1) is 12.1 Å². The molecule has 102 valence electrons. The minimum atomic E-state index is -0.289. The van der Waals surface area contributed by atoms with Crippen LogP contribution in [0.25, 0.3) is 0 Å². The molecule has 0 saturated carbocycles. The number of nitrogens with two attached hydrogens (primary N) is 1. The number of allylic oxidation sites excluding steroid dienone is 1. The normalized spacial score (nSPS) is 17.6. The number of fused-ring (bicyclic) bond motifs is 1. The van der Waals surface area contributed by atoms with Crippen LogP contribution in [0.15, 0.2) is 23.8 Å². The molecule has 7 heteroatoms. The Morgan fingerprint density at radius 1 is 1.60 bits per heavy atom. The van der Waals surface area contributed by atoms with Crippen molar-refractivity contribution in [2.45, 2.75) is 26.3 Å². The second-order valence-electron chi connectivity index (χ2n) is 4.62. The van der Waals surface area contributed by atoms with Crippen LogP contribution in [-0.4, -0.2) is 20.0 Å². The molecule has 0 amide bonds. The average Bonchev–Trinajstić information content (AvgIpc) is 3.05. The van der Waals surface area contributed by atoms with Crippen molar-refractivity contribution in [2.24, 2.45) is 5.73 Å². The number of aromatic nitrogens is 4. The van der Waals surface area contributed by atoms with Gasteiger partial charge in [-0.3, -0.25) is 9.78 Å². The predicted octanol–water partition coefficient (Wildman–Crippen LogP) is 1.15. The van der Waals surface area contributed by atoms with Gasteiger partial charge in [-0.25, -0.2) is 0 Å². The summed E-state index contributed by atoms with van der Waals surface area (Å²) in [7, 11) is 0. The van der Waals surface area contributed by atoms with Crippen LogP contribution in [0.2, 0.25) is 0 Å². The van der Waals surface area contributed by atoms with Gasteiger partial charge in [0.1, 0.15) is 11.6 Å². The first-order valence-corrected chi connectivity index (χ1v) is 6.30. The summed E-state index contributed by atoms with van der Waals surface area (Å²) in [5.41, 5.74) is 8.82. The molecule has 7 nitrogen and oxygen atoms in total. The number of nitriles is 1. The van der Waals surface area contributed by atoms with E-state index in [4.69, 9.17) is 10.5 Å². The lowest BCUT2D eigenvalue weighted by atomic mass is 9.86. The molecule has 3 N–H and O–H groups in total. The molecule has 0 aromatic carbocycles. The van der Waals surface area contributed by atoms with Crippen molar-refractivity contribution in [3.8, 4) is 11.9 Å². The van der Waals surface area contributed by atoms with Gasteiger partial charge in [-0.05, 0) is 13.8 Å². The highest BCUT2D eigenvalue weighted by molar-refractivity contribution is 5.54. The fraction of sp³-hybridized carbons (Fsp3) is 0.308. The Hall–Kier alpha value is -2.75. The van der Waals surface area contributed by atoms with Crippen molar-refractivity contribution in [3.63, 3.8) is 0 Å². The molecule has 0 unspecified atom stereocenters. The van der Waals surface area contributed by atoms with Crippen molar-refractivity contribution in [1.82, 2.24) is 20.0 Å². The molecule has 0 spiro atoms. The number of nitrogens with one attached hydrogen (secondary N) is 1. The maximum atomic E-state index is 9.39. The third kappa shape index (κ3) is 1.66. The van der Waals surface area contributed by atoms with Gasteiger partial charge in [-0.15, -0.1) is 5.10 Å². The number of hydrogen-bond donors (Lipinski definition) is 2. The van der Waals surface area contributed by atoms with E-state index in [1.165, 1.54) is 0 Å².